The van der Waals surface area contributed by atoms with E-state index in [-0.39, 0.29) is 16.5 Å². The van der Waals surface area contributed by atoms with Crippen LogP contribution in [-0.2, 0) is 16.5 Å². The predicted molar refractivity (Wildman–Crippen MR) is 29.7 cm³/mol. The number of rotatable bonds is 1. The van der Waals surface area contributed by atoms with Crippen molar-refractivity contribution in [1.82, 2.24) is 0 Å². The zero-order valence-corrected chi connectivity index (χ0v) is 6.46. The summed E-state index contributed by atoms with van der Waals surface area (Å²) in [6.45, 7) is 8.96. The normalized spacial score (nSPS) is 9.43. The van der Waals surface area contributed by atoms with E-state index in [1.54, 1.807) is 0 Å². The molecule has 0 saturated carbocycles. The SMILES string of the molecule is CC(C)C(C)C.[Ni]. The van der Waals surface area contributed by atoms with Crippen molar-refractivity contribution >= 4 is 0 Å². The third-order valence-electron chi connectivity index (χ3n) is 1.33. The van der Waals surface area contributed by atoms with Gasteiger partial charge in [-0.15, -0.1) is 0 Å². The van der Waals surface area contributed by atoms with E-state index >= 15 is 0 Å². The van der Waals surface area contributed by atoms with Crippen molar-refractivity contribution in [2.24, 2.45) is 11.8 Å². The smallest absolute Gasteiger partial charge is 0 e. The van der Waals surface area contributed by atoms with Crippen molar-refractivity contribution < 1.29 is 16.5 Å². The molecule has 0 atom stereocenters. The summed E-state index contributed by atoms with van der Waals surface area (Å²) < 4.78 is 0. The zero-order chi connectivity index (χ0) is 5.15. The first kappa shape index (κ1) is 10.5. The van der Waals surface area contributed by atoms with Gasteiger partial charge in [0, 0.05) is 16.5 Å². The van der Waals surface area contributed by atoms with Gasteiger partial charge in [-0.05, 0) is 11.8 Å². The van der Waals surface area contributed by atoms with Crippen LogP contribution in [0.5, 0.6) is 0 Å². The maximum atomic E-state index is 2.24. The Bertz CT molecular complexity index is 25.2. The van der Waals surface area contributed by atoms with E-state index < -0.39 is 0 Å². The second-order valence-electron chi connectivity index (χ2n) is 2.49. The first-order valence-electron chi connectivity index (χ1n) is 2.64. The molecule has 0 saturated heterocycles. The molecule has 0 aromatic carbocycles. The van der Waals surface area contributed by atoms with E-state index in [0.29, 0.717) is 0 Å². The quantitative estimate of drug-likeness (QED) is 0.496. The Kier molecular flexibility index (Phi) is 6.95. The Balaban J connectivity index is 0. The van der Waals surface area contributed by atoms with Gasteiger partial charge in [0.25, 0.3) is 0 Å². The summed E-state index contributed by atoms with van der Waals surface area (Å²) in [7, 11) is 0. The molecule has 0 nitrogen and oxygen atoms in total. The summed E-state index contributed by atoms with van der Waals surface area (Å²) in [4.78, 5) is 0. The second-order valence-corrected chi connectivity index (χ2v) is 2.49. The van der Waals surface area contributed by atoms with Crippen molar-refractivity contribution in [2.45, 2.75) is 27.7 Å². The summed E-state index contributed by atoms with van der Waals surface area (Å²) in [6, 6.07) is 0. The van der Waals surface area contributed by atoms with Crippen LogP contribution in [0.1, 0.15) is 27.7 Å². The van der Waals surface area contributed by atoms with Gasteiger partial charge in [-0.1, -0.05) is 27.7 Å². The fraction of sp³-hybridized carbons (Fsp3) is 1.00. The van der Waals surface area contributed by atoms with Crippen molar-refractivity contribution in [3.63, 3.8) is 0 Å². The van der Waals surface area contributed by atoms with Crippen molar-refractivity contribution in [3.05, 3.63) is 0 Å². The molecule has 1 heteroatoms. The summed E-state index contributed by atoms with van der Waals surface area (Å²) in [6.07, 6.45) is 0. The van der Waals surface area contributed by atoms with Crippen LogP contribution in [0.4, 0.5) is 0 Å². The molecule has 0 aliphatic heterocycles. The fourth-order valence-corrected chi connectivity index (χ4v) is 0. The standard InChI is InChI=1S/C6H14.Ni/c1-5(2)6(3)4;/h5-6H,1-4H3;. The predicted octanol–water partition coefficient (Wildman–Crippen LogP) is 2.30. The van der Waals surface area contributed by atoms with Gasteiger partial charge >= 0.3 is 0 Å². The molecule has 0 aliphatic rings. The Morgan fingerprint density at radius 1 is 0.714 bits per heavy atom. The van der Waals surface area contributed by atoms with Crippen LogP contribution in [-0.4, -0.2) is 0 Å². The van der Waals surface area contributed by atoms with Crippen LogP contribution in [0.15, 0.2) is 0 Å². The van der Waals surface area contributed by atoms with Crippen LogP contribution < -0.4 is 0 Å². The monoisotopic (exact) mass is 144 g/mol. The van der Waals surface area contributed by atoms with Gasteiger partial charge in [-0.2, -0.15) is 0 Å². The van der Waals surface area contributed by atoms with Crippen molar-refractivity contribution in [2.75, 3.05) is 0 Å². The molecule has 0 fully saturated rings. The number of hydrogen-bond acceptors (Lipinski definition) is 0. The molecule has 0 amide bonds. The minimum atomic E-state index is 0. The fourth-order valence-electron chi connectivity index (χ4n) is 0. The Hall–Kier alpha value is 0.494. The van der Waals surface area contributed by atoms with Gasteiger partial charge in [0.1, 0.15) is 0 Å². The van der Waals surface area contributed by atoms with E-state index in [2.05, 4.69) is 27.7 Å². The molecule has 48 valence electrons. The average molecular weight is 145 g/mol. The van der Waals surface area contributed by atoms with Gasteiger partial charge in [0.05, 0.1) is 0 Å². The minimum absolute atomic E-state index is 0. The van der Waals surface area contributed by atoms with Crippen LogP contribution in [0.3, 0.4) is 0 Å². The van der Waals surface area contributed by atoms with Crippen molar-refractivity contribution in [3.8, 4) is 0 Å². The summed E-state index contributed by atoms with van der Waals surface area (Å²) >= 11 is 0. The summed E-state index contributed by atoms with van der Waals surface area (Å²) in [5, 5.41) is 0. The van der Waals surface area contributed by atoms with Crippen LogP contribution >= 0.6 is 0 Å². The second kappa shape index (κ2) is 4.65. The topological polar surface area (TPSA) is 0 Å². The number of hydrogen-bond donors (Lipinski definition) is 0. The third kappa shape index (κ3) is 6.49. The minimum Gasteiger partial charge on any atom is -0.0625 e. The van der Waals surface area contributed by atoms with E-state index in [4.69, 9.17) is 0 Å². The van der Waals surface area contributed by atoms with Crippen molar-refractivity contribution in [1.29, 1.82) is 0 Å². The third-order valence-corrected chi connectivity index (χ3v) is 1.33. The van der Waals surface area contributed by atoms with Gasteiger partial charge in [-0.3, -0.25) is 0 Å². The maximum Gasteiger partial charge on any atom is 0 e. The molecule has 0 bridgehead atoms. The molecule has 0 radical (unpaired) electrons. The van der Waals surface area contributed by atoms with E-state index in [1.165, 1.54) is 0 Å². The zero-order valence-electron chi connectivity index (χ0n) is 5.47. The van der Waals surface area contributed by atoms with E-state index in [1.807, 2.05) is 0 Å². The maximum absolute atomic E-state index is 2.24. The van der Waals surface area contributed by atoms with E-state index in [9.17, 15) is 0 Å². The molecule has 0 N–H and O–H groups in total. The molecule has 0 aromatic rings. The molecule has 0 rings (SSSR count). The molecule has 0 aliphatic carbocycles. The molecule has 0 heterocycles. The van der Waals surface area contributed by atoms with Crippen LogP contribution in [0, 0.1) is 11.8 Å². The molecule has 0 aromatic heterocycles. The first-order chi connectivity index (χ1) is 2.64. The average Bonchev–Trinajstić information content (AvgIpc) is 1.36. The van der Waals surface area contributed by atoms with E-state index in [0.717, 1.165) is 11.8 Å². The molecule has 0 unspecified atom stereocenters. The van der Waals surface area contributed by atoms with Gasteiger partial charge < -0.3 is 0 Å². The van der Waals surface area contributed by atoms with Crippen LogP contribution in [0.2, 0.25) is 0 Å². The summed E-state index contributed by atoms with van der Waals surface area (Å²) in [5.74, 6) is 1.70. The summed E-state index contributed by atoms with van der Waals surface area (Å²) in [5.41, 5.74) is 0. The van der Waals surface area contributed by atoms with Gasteiger partial charge in [0.15, 0.2) is 0 Å². The van der Waals surface area contributed by atoms with Gasteiger partial charge in [0.2, 0.25) is 0 Å². The Morgan fingerprint density at radius 2 is 0.857 bits per heavy atom. The largest absolute Gasteiger partial charge is 0.0625 e. The molecule has 7 heavy (non-hydrogen) atoms. The Labute approximate surface area is 56.6 Å². The first-order valence-corrected chi connectivity index (χ1v) is 2.64. The van der Waals surface area contributed by atoms with Gasteiger partial charge in [-0.25, -0.2) is 0 Å². The molecular formula is C6H14Ni. The van der Waals surface area contributed by atoms with Crippen LogP contribution in [0.25, 0.3) is 0 Å². The molecule has 0 spiro atoms. The Morgan fingerprint density at radius 3 is 0.857 bits per heavy atom. The molecular weight excluding hydrogens is 131 g/mol.